The highest BCUT2D eigenvalue weighted by Gasteiger charge is 2.09. The zero-order chi connectivity index (χ0) is 14.7. The summed E-state index contributed by atoms with van der Waals surface area (Å²) in [7, 11) is 0. The molecule has 104 valence electrons. The van der Waals surface area contributed by atoms with Crippen molar-refractivity contribution in [2.24, 2.45) is 11.5 Å². The van der Waals surface area contributed by atoms with Crippen LogP contribution in [0.3, 0.4) is 0 Å². The Labute approximate surface area is 124 Å². The molecular weight excluding hydrogens is 298 g/mol. The van der Waals surface area contributed by atoms with Crippen LogP contribution in [-0.2, 0) is 6.54 Å². The molecule has 1 aromatic carbocycles. The number of anilines is 1. The van der Waals surface area contributed by atoms with Crippen LogP contribution in [0.25, 0.3) is 0 Å². The maximum absolute atomic E-state index is 11.2. The third-order valence-corrected chi connectivity index (χ3v) is 3.83. The summed E-state index contributed by atoms with van der Waals surface area (Å²) in [5.41, 5.74) is 11.5. The molecule has 0 saturated carbocycles. The lowest BCUT2D eigenvalue weighted by atomic mass is 10.1. The Kier molecular flexibility index (Phi) is 4.26. The molecule has 0 saturated heterocycles. The highest BCUT2D eigenvalue weighted by molar-refractivity contribution is 7.16. The van der Waals surface area contributed by atoms with Gasteiger partial charge in [0.2, 0.25) is 11.8 Å². The van der Waals surface area contributed by atoms with Crippen molar-refractivity contribution in [3.8, 4) is 0 Å². The second kappa shape index (κ2) is 5.94. The Balaban J connectivity index is 2.21. The van der Waals surface area contributed by atoms with Crippen LogP contribution in [0.15, 0.2) is 30.3 Å². The Morgan fingerprint density at radius 3 is 2.15 bits per heavy atom. The van der Waals surface area contributed by atoms with E-state index in [0.717, 1.165) is 4.88 Å². The molecule has 0 radical (unpaired) electrons. The largest absolute Gasteiger partial charge is 0.380 e. The summed E-state index contributed by atoms with van der Waals surface area (Å²) >= 11 is 7.29. The highest BCUT2D eigenvalue weighted by atomic mass is 35.5. The third-order valence-electron chi connectivity index (χ3n) is 2.60. The van der Waals surface area contributed by atoms with Gasteiger partial charge in [-0.3, -0.25) is 9.59 Å². The molecule has 1 aromatic heterocycles. The molecule has 0 aliphatic heterocycles. The predicted octanol–water partition coefficient (Wildman–Crippen LogP) is 2.21. The molecule has 0 spiro atoms. The predicted molar refractivity (Wildman–Crippen MR) is 80.1 cm³/mol. The van der Waals surface area contributed by atoms with E-state index < -0.39 is 11.8 Å². The quantitative estimate of drug-likeness (QED) is 0.789. The van der Waals surface area contributed by atoms with Crippen LogP contribution in [0.2, 0.25) is 4.34 Å². The standard InChI is InChI=1S/C13H12ClN3O2S/c14-11-2-1-10(20-11)6-17-9-4-7(12(15)18)3-8(5-9)13(16)19/h1-5,17H,6H2,(H2,15,18)(H2,16,19). The van der Waals surface area contributed by atoms with Crippen LogP contribution < -0.4 is 16.8 Å². The lowest BCUT2D eigenvalue weighted by Gasteiger charge is -2.08. The fourth-order valence-electron chi connectivity index (χ4n) is 1.65. The second-order valence-corrected chi connectivity index (χ2v) is 5.89. The Morgan fingerprint density at radius 1 is 1.10 bits per heavy atom. The number of hydrogen-bond donors (Lipinski definition) is 3. The van der Waals surface area contributed by atoms with Crippen LogP contribution in [0, 0.1) is 0 Å². The third kappa shape index (κ3) is 3.49. The topological polar surface area (TPSA) is 98.2 Å². The van der Waals surface area contributed by atoms with Crippen molar-refractivity contribution < 1.29 is 9.59 Å². The van der Waals surface area contributed by atoms with Crippen LogP contribution in [0.1, 0.15) is 25.6 Å². The molecule has 0 aliphatic rings. The van der Waals surface area contributed by atoms with Gasteiger partial charge in [-0.1, -0.05) is 11.6 Å². The van der Waals surface area contributed by atoms with Gasteiger partial charge in [0.1, 0.15) is 0 Å². The Morgan fingerprint density at radius 2 is 1.70 bits per heavy atom. The number of amides is 2. The molecule has 2 rings (SSSR count). The van der Waals surface area contributed by atoms with Crippen molar-refractivity contribution in [3.63, 3.8) is 0 Å². The van der Waals surface area contributed by atoms with Crippen molar-refractivity contribution in [1.29, 1.82) is 0 Å². The van der Waals surface area contributed by atoms with E-state index in [9.17, 15) is 9.59 Å². The molecule has 2 aromatic rings. The molecule has 7 heteroatoms. The number of nitrogens with two attached hydrogens (primary N) is 2. The number of benzene rings is 1. The van der Waals surface area contributed by atoms with E-state index in [4.69, 9.17) is 23.1 Å². The van der Waals surface area contributed by atoms with E-state index in [-0.39, 0.29) is 11.1 Å². The van der Waals surface area contributed by atoms with Gasteiger partial charge in [-0.25, -0.2) is 0 Å². The number of primary amides is 2. The minimum Gasteiger partial charge on any atom is -0.380 e. The summed E-state index contributed by atoms with van der Waals surface area (Å²) in [5.74, 6) is -1.23. The SMILES string of the molecule is NC(=O)c1cc(NCc2ccc(Cl)s2)cc(C(N)=O)c1. The van der Waals surface area contributed by atoms with Gasteiger partial charge in [0.15, 0.2) is 0 Å². The van der Waals surface area contributed by atoms with E-state index in [1.54, 1.807) is 18.2 Å². The molecule has 5 N–H and O–H groups in total. The molecule has 2 amide bonds. The summed E-state index contributed by atoms with van der Waals surface area (Å²) in [6.45, 7) is 0.526. The second-order valence-electron chi connectivity index (χ2n) is 4.09. The monoisotopic (exact) mass is 309 g/mol. The van der Waals surface area contributed by atoms with Crippen LogP contribution in [-0.4, -0.2) is 11.8 Å². The number of thiophene rings is 1. The molecule has 0 unspecified atom stereocenters. The van der Waals surface area contributed by atoms with Crippen molar-refractivity contribution in [2.45, 2.75) is 6.54 Å². The smallest absolute Gasteiger partial charge is 0.248 e. The van der Waals surface area contributed by atoms with Crippen LogP contribution in [0.4, 0.5) is 5.69 Å². The van der Waals surface area contributed by atoms with Gasteiger partial charge in [0, 0.05) is 28.2 Å². The average Bonchev–Trinajstić information content (AvgIpc) is 2.81. The van der Waals surface area contributed by atoms with E-state index in [2.05, 4.69) is 5.32 Å². The first-order valence-electron chi connectivity index (χ1n) is 5.68. The Hall–Kier alpha value is -2.05. The summed E-state index contributed by atoms with van der Waals surface area (Å²) in [6.07, 6.45) is 0. The average molecular weight is 310 g/mol. The fourth-order valence-corrected chi connectivity index (χ4v) is 2.68. The van der Waals surface area contributed by atoms with E-state index >= 15 is 0 Å². The minimum atomic E-state index is -0.615. The summed E-state index contributed by atoms with van der Waals surface area (Å²) in [6, 6.07) is 8.22. The van der Waals surface area contributed by atoms with Gasteiger partial charge in [-0.2, -0.15) is 0 Å². The van der Waals surface area contributed by atoms with Crippen molar-refractivity contribution in [2.75, 3.05) is 5.32 Å². The van der Waals surface area contributed by atoms with Gasteiger partial charge in [0.25, 0.3) is 0 Å². The first kappa shape index (κ1) is 14.4. The lowest BCUT2D eigenvalue weighted by molar-refractivity contribution is 0.0999. The molecule has 0 atom stereocenters. The molecule has 1 heterocycles. The molecular formula is C13H12ClN3O2S. The number of carbonyl (C=O) groups excluding carboxylic acids is 2. The summed E-state index contributed by atoms with van der Waals surface area (Å²) in [4.78, 5) is 23.5. The van der Waals surface area contributed by atoms with E-state index in [1.807, 2.05) is 6.07 Å². The Bertz CT molecular complexity index is 637. The number of halogens is 1. The number of rotatable bonds is 5. The maximum atomic E-state index is 11.2. The first-order chi connectivity index (χ1) is 9.45. The van der Waals surface area contributed by atoms with E-state index in [0.29, 0.717) is 16.6 Å². The normalized spacial score (nSPS) is 10.2. The zero-order valence-electron chi connectivity index (χ0n) is 10.4. The van der Waals surface area contributed by atoms with Crippen LogP contribution in [0.5, 0.6) is 0 Å². The van der Waals surface area contributed by atoms with Crippen molar-refractivity contribution in [3.05, 3.63) is 50.7 Å². The number of hydrogen-bond acceptors (Lipinski definition) is 4. The molecule has 0 aliphatic carbocycles. The van der Waals surface area contributed by atoms with E-state index in [1.165, 1.54) is 17.4 Å². The van der Waals surface area contributed by atoms with Crippen molar-refractivity contribution in [1.82, 2.24) is 0 Å². The lowest BCUT2D eigenvalue weighted by Crippen LogP contribution is -2.16. The minimum absolute atomic E-state index is 0.230. The maximum Gasteiger partial charge on any atom is 0.248 e. The van der Waals surface area contributed by atoms with Crippen molar-refractivity contribution >= 4 is 40.4 Å². The number of carbonyl (C=O) groups is 2. The molecule has 20 heavy (non-hydrogen) atoms. The van der Waals surface area contributed by atoms with Gasteiger partial charge in [-0.15, -0.1) is 11.3 Å². The summed E-state index contributed by atoms with van der Waals surface area (Å²) < 4.78 is 0.700. The highest BCUT2D eigenvalue weighted by Crippen LogP contribution is 2.23. The zero-order valence-corrected chi connectivity index (χ0v) is 11.9. The fraction of sp³-hybridized carbons (Fsp3) is 0.0769. The first-order valence-corrected chi connectivity index (χ1v) is 6.88. The van der Waals surface area contributed by atoms with Crippen LogP contribution >= 0.6 is 22.9 Å². The van der Waals surface area contributed by atoms with Gasteiger partial charge in [0.05, 0.1) is 4.34 Å². The molecule has 0 fully saturated rings. The molecule has 0 bridgehead atoms. The van der Waals surface area contributed by atoms with Gasteiger partial charge >= 0.3 is 0 Å². The molecule has 5 nitrogen and oxygen atoms in total. The van der Waals surface area contributed by atoms with Gasteiger partial charge < -0.3 is 16.8 Å². The van der Waals surface area contributed by atoms with Gasteiger partial charge in [-0.05, 0) is 30.3 Å². The summed E-state index contributed by atoms with van der Waals surface area (Å²) in [5, 5.41) is 3.10. The number of nitrogens with one attached hydrogen (secondary N) is 1.